The molecule has 0 radical (unpaired) electrons. The minimum Gasteiger partial charge on any atom is -0.493 e. The number of nitrogens with two attached hydrogens (primary N) is 1. The summed E-state index contributed by atoms with van der Waals surface area (Å²) in [5.41, 5.74) is 8.92. The van der Waals surface area contributed by atoms with Crippen LogP contribution in [0.3, 0.4) is 0 Å². The van der Waals surface area contributed by atoms with Gasteiger partial charge in [0.1, 0.15) is 5.82 Å². The molecule has 30 heavy (non-hydrogen) atoms. The number of fused-ring (bicyclic) bond motifs is 1. The van der Waals surface area contributed by atoms with Gasteiger partial charge in [0.15, 0.2) is 18.1 Å². The molecule has 0 bridgehead atoms. The number of nitrogens with zero attached hydrogens (tertiary/aromatic N) is 2. The van der Waals surface area contributed by atoms with Crippen molar-refractivity contribution in [2.75, 3.05) is 19.0 Å². The number of carbonyl (C=O) groups excluding carboxylic acids is 2. The molecule has 0 aliphatic carbocycles. The van der Waals surface area contributed by atoms with Crippen LogP contribution in [-0.2, 0) is 9.59 Å². The third-order valence-electron chi connectivity index (χ3n) is 5.12. The van der Waals surface area contributed by atoms with Crippen LogP contribution in [0.1, 0.15) is 29.0 Å². The average molecular weight is 406 g/mol. The molecule has 1 aliphatic heterocycles. The topological polar surface area (TPSA) is 108 Å². The predicted octanol–water partition coefficient (Wildman–Crippen LogP) is 2.53. The fourth-order valence-corrected chi connectivity index (χ4v) is 3.67. The van der Waals surface area contributed by atoms with Crippen molar-refractivity contribution in [3.8, 4) is 17.2 Å². The molecule has 0 fully saturated rings. The molecule has 2 aromatic carbocycles. The smallest absolute Gasteiger partial charge is 0.255 e. The quantitative estimate of drug-likeness (QED) is 0.654. The highest BCUT2D eigenvalue weighted by molar-refractivity contribution is 5.94. The van der Waals surface area contributed by atoms with Gasteiger partial charge in [-0.3, -0.25) is 9.59 Å². The second kappa shape index (κ2) is 7.90. The van der Waals surface area contributed by atoms with Crippen molar-refractivity contribution in [3.05, 3.63) is 65.4 Å². The maximum Gasteiger partial charge on any atom is 0.255 e. The number of para-hydroxylation sites is 1. The van der Waals surface area contributed by atoms with Crippen LogP contribution in [-0.4, -0.2) is 35.3 Å². The lowest BCUT2D eigenvalue weighted by molar-refractivity contribution is -0.120. The van der Waals surface area contributed by atoms with Gasteiger partial charge in [-0.1, -0.05) is 24.3 Å². The molecule has 0 saturated carbocycles. The Morgan fingerprint density at radius 2 is 2.07 bits per heavy atom. The zero-order valence-electron chi connectivity index (χ0n) is 16.7. The zero-order valence-corrected chi connectivity index (χ0v) is 16.7. The SMILES string of the molecule is COc1cc(C2CC(=O)Nc3c2cnn3-c2ccccc2C)ccc1OCC(N)=O. The monoisotopic (exact) mass is 406 g/mol. The minimum atomic E-state index is -0.571. The Balaban J connectivity index is 1.73. The number of hydrogen-bond donors (Lipinski definition) is 2. The van der Waals surface area contributed by atoms with Crippen LogP contribution in [0.25, 0.3) is 5.69 Å². The van der Waals surface area contributed by atoms with Crippen LogP contribution >= 0.6 is 0 Å². The highest BCUT2D eigenvalue weighted by Gasteiger charge is 2.31. The van der Waals surface area contributed by atoms with E-state index in [1.54, 1.807) is 16.9 Å². The Bertz CT molecular complexity index is 1120. The number of primary amides is 1. The largest absolute Gasteiger partial charge is 0.493 e. The van der Waals surface area contributed by atoms with Gasteiger partial charge >= 0.3 is 0 Å². The molecule has 3 aromatic rings. The van der Waals surface area contributed by atoms with E-state index in [-0.39, 0.29) is 24.9 Å². The van der Waals surface area contributed by atoms with Gasteiger partial charge in [0.25, 0.3) is 5.91 Å². The molecule has 3 N–H and O–H groups in total. The van der Waals surface area contributed by atoms with E-state index in [0.717, 1.165) is 22.4 Å². The molecule has 1 aromatic heterocycles. The standard InChI is InChI=1S/C22H22N4O4/c1-13-5-3-4-6-17(13)26-22-16(11-24-26)15(10-21(28)25-22)14-7-8-18(19(9-14)29-2)30-12-20(23)27/h3-9,11,15H,10,12H2,1-2H3,(H2,23,27)(H,25,28). The fraction of sp³-hybridized carbons (Fsp3) is 0.227. The Kier molecular flexibility index (Phi) is 5.14. The third-order valence-corrected chi connectivity index (χ3v) is 5.12. The maximum absolute atomic E-state index is 12.5. The van der Waals surface area contributed by atoms with Crippen molar-refractivity contribution in [3.63, 3.8) is 0 Å². The summed E-state index contributed by atoms with van der Waals surface area (Å²) in [6.07, 6.45) is 2.08. The molecule has 0 saturated heterocycles. The van der Waals surface area contributed by atoms with E-state index in [9.17, 15) is 9.59 Å². The molecule has 154 valence electrons. The minimum absolute atomic E-state index is 0.0872. The summed E-state index contributed by atoms with van der Waals surface area (Å²) >= 11 is 0. The van der Waals surface area contributed by atoms with Crippen molar-refractivity contribution in [1.82, 2.24) is 9.78 Å². The number of nitrogens with one attached hydrogen (secondary N) is 1. The number of aryl methyl sites for hydroxylation is 1. The van der Waals surface area contributed by atoms with E-state index in [2.05, 4.69) is 10.4 Å². The highest BCUT2D eigenvalue weighted by Crippen LogP contribution is 2.41. The number of hydrogen-bond acceptors (Lipinski definition) is 5. The maximum atomic E-state index is 12.5. The Hall–Kier alpha value is -3.81. The van der Waals surface area contributed by atoms with E-state index in [1.807, 2.05) is 43.3 Å². The first-order valence-corrected chi connectivity index (χ1v) is 9.50. The van der Waals surface area contributed by atoms with Gasteiger partial charge in [-0.05, 0) is 36.2 Å². The normalized spacial score (nSPS) is 15.3. The molecule has 1 aliphatic rings. The lowest BCUT2D eigenvalue weighted by atomic mass is 9.87. The molecule has 2 amide bonds. The number of aromatic nitrogens is 2. The van der Waals surface area contributed by atoms with Crippen LogP contribution in [0.2, 0.25) is 0 Å². The van der Waals surface area contributed by atoms with Gasteiger partial charge in [-0.25, -0.2) is 4.68 Å². The predicted molar refractivity (Wildman–Crippen MR) is 111 cm³/mol. The zero-order chi connectivity index (χ0) is 21.3. The number of ether oxygens (including phenoxy) is 2. The van der Waals surface area contributed by atoms with Crippen LogP contribution in [0, 0.1) is 6.92 Å². The number of benzene rings is 2. The van der Waals surface area contributed by atoms with E-state index >= 15 is 0 Å². The first-order chi connectivity index (χ1) is 14.5. The van der Waals surface area contributed by atoms with Crippen LogP contribution < -0.4 is 20.5 Å². The molecule has 4 rings (SSSR count). The van der Waals surface area contributed by atoms with Gasteiger partial charge in [-0.15, -0.1) is 0 Å². The van der Waals surface area contributed by atoms with Gasteiger partial charge < -0.3 is 20.5 Å². The molecular weight excluding hydrogens is 384 g/mol. The lowest BCUT2D eigenvalue weighted by Gasteiger charge is -2.24. The number of anilines is 1. The molecule has 1 unspecified atom stereocenters. The number of amides is 2. The van der Waals surface area contributed by atoms with Gasteiger partial charge in [0.2, 0.25) is 5.91 Å². The highest BCUT2D eigenvalue weighted by atomic mass is 16.5. The lowest BCUT2D eigenvalue weighted by Crippen LogP contribution is -2.24. The van der Waals surface area contributed by atoms with Gasteiger partial charge in [0.05, 0.1) is 19.0 Å². The summed E-state index contributed by atoms with van der Waals surface area (Å²) in [4.78, 5) is 23.5. The number of methoxy groups -OCH3 is 1. The second-order valence-corrected chi connectivity index (χ2v) is 7.12. The summed E-state index contributed by atoms with van der Waals surface area (Å²) in [6.45, 7) is 1.76. The van der Waals surface area contributed by atoms with Crippen molar-refractivity contribution in [2.45, 2.75) is 19.3 Å². The van der Waals surface area contributed by atoms with Crippen LogP contribution in [0.15, 0.2) is 48.7 Å². The van der Waals surface area contributed by atoms with Crippen molar-refractivity contribution in [2.24, 2.45) is 5.73 Å². The van der Waals surface area contributed by atoms with Gasteiger partial charge in [0, 0.05) is 17.9 Å². The third kappa shape index (κ3) is 3.59. The molecule has 8 nitrogen and oxygen atoms in total. The molecule has 8 heteroatoms. The van der Waals surface area contributed by atoms with Crippen LogP contribution in [0.5, 0.6) is 11.5 Å². The Morgan fingerprint density at radius 1 is 1.27 bits per heavy atom. The van der Waals surface area contributed by atoms with E-state index in [4.69, 9.17) is 15.2 Å². The number of carbonyl (C=O) groups is 2. The Morgan fingerprint density at radius 3 is 2.80 bits per heavy atom. The first kappa shape index (κ1) is 19.5. The Labute approximate surface area is 173 Å². The van der Waals surface area contributed by atoms with Gasteiger partial charge in [-0.2, -0.15) is 5.10 Å². The molecule has 2 heterocycles. The molecule has 0 spiro atoms. The van der Waals surface area contributed by atoms with Crippen LogP contribution in [0.4, 0.5) is 5.82 Å². The van der Waals surface area contributed by atoms with E-state index in [1.165, 1.54) is 7.11 Å². The first-order valence-electron chi connectivity index (χ1n) is 9.50. The summed E-state index contributed by atoms with van der Waals surface area (Å²) < 4.78 is 12.6. The molecule has 1 atom stereocenters. The summed E-state index contributed by atoms with van der Waals surface area (Å²) in [5, 5.41) is 7.50. The summed E-state index contributed by atoms with van der Waals surface area (Å²) in [7, 11) is 1.52. The summed E-state index contributed by atoms with van der Waals surface area (Å²) in [6, 6.07) is 13.3. The van der Waals surface area contributed by atoms with Crippen molar-refractivity contribution in [1.29, 1.82) is 0 Å². The summed E-state index contributed by atoms with van der Waals surface area (Å²) in [5.74, 6) is 0.696. The second-order valence-electron chi connectivity index (χ2n) is 7.12. The number of rotatable bonds is 6. The van der Waals surface area contributed by atoms with E-state index in [0.29, 0.717) is 17.3 Å². The van der Waals surface area contributed by atoms with E-state index < -0.39 is 5.91 Å². The molecular formula is C22H22N4O4. The van der Waals surface area contributed by atoms with Crippen molar-refractivity contribution < 1.29 is 19.1 Å². The fourth-order valence-electron chi connectivity index (χ4n) is 3.67. The average Bonchev–Trinajstić information content (AvgIpc) is 3.15. The van der Waals surface area contributed by atoms with Crippen molar-refractivity contribution >= 4 is 17.6 Å².